The Labute approximate surface area is 107 Å². The van der Waals surface area contributed by atoms with E-state index in [2.05, 4.69) is 9.97 Å². The second kappa shape index (κ2) is 5.20. The first-order valence-electron chi connectivity index (χ1n) is 5.87. The zero-order valence-electron chi connectivity index (χ0n) is 11.2. The van der Waals surface area contributed by atoms with E-state index in [1.54, 1.807) is 0 Å². The van der Waals surface area contributed by atoms with E-state index in [-0.39, 0.29) is 6.04 Å². The van der Waals surface area contributed by atoms with Crippen molar-refractivity contribution in [2.45, 2.75) is 45.7 Å². The zero-order valence-corrected chi connectivity index (χ0v) is 11.2. The Balaban J connectivity index is 3.14. The van der Waals surface area contributed by atoms with Gasteiger partial charge in [0.05, 0.1) is 24.1 Å². The van der Waals surface area contributed by atoms with Gasteiger partial charge in [0, 0.05) is 5.54 Å². The molecular weight excluding hydrogens is 232 g/mol. The molecule has 1 amide bonds. The molecule has 0 bridgehead atoms. The predicted octanol–water partition coefficient (Wildman–Crippen LogP) is 2.29. The van der Waals surface area contributed by atoms with Crippen molar-refractivity contribution in [1.29, 1.82) is 0 Å². The van der Waals surface area contributed by atoms with Gasteiger partial charge in [-0.05, 0) is 27.2 Å². The van der Waals surface area contributed by atoms with Crippen molar-refractivity contribution in [3.63, 3.8) is 0 Å². The van der Waals surface area contributed by atoms with E-state index in [9.17, 15) is 9.90 Å². The summed E-state index contributed by atoms with van der Waals surface area (Å²) in [6, 6.07) is -0.324. The van der Waals surface area contributed by atoms with E-state index in [1.165, 1.54) is 17.3 Å². The van der Waals surface area contributed by atoms with Gasteiger partial charge in [0.1, 0.15) is 5.82 Å². The number of aromatic nitrogens is 2. The Morgan fingerprint density at radius 2 is 2.06 bits per heavy atom. The van der Waals surface area contributed by atoms with Gasteiger partial charge in [-0.3, -0.25) is 9.88 Å². The second-order valence-corrected chi connectivity index (χ2v) is 5.11. The highest BCUT2D eigenvalue weighted by atomic mass is 16.4. The van der Waals surface area contributed by atoms with E-state index < -0.39 is 11.6 Å². The standard InChI is InChI=1S/C12H20N4O2/c1-5-9(8-6-15-10(13)7-14-8)16(11(17)18)12(2,3)4/h6-7,9H,5H2,1-4H3,(H2,13,15)(H,17,18). The van der Waals surface area contributed by atoms with Crippen molar-refractivity contribution in [2.24, 2.45) is 0 Å². The lowest BCUT2D eigenvalue weighted by atomic mass is 10.0. The molecule has 0 saturated heterocycles. The lowest BCUT2D eigenvalue weighted by Crippen LogP contribution is -2.47. The fourth-order valence-corrected chi connectivity index (χ4v) is 1.93. The Bertz CT molecular complexity index is 411. The molecule has 6 heteroatoms. The second-order valence-electron chi connectivity index (χ2n) is 5.11. The third-order valence-electron chi connectivity index (χ3n) is 2.66. The molecule has 1 atom stereocenters. The number of nitrogen functional groups attached to an aromatic ring is 1. The molecule has 1 heterocycles. The summed E-state index contributed by atoms with van der Waals surface area (Å²) < 4.78 is 0. The van der Waals surface area contributed by atoms with E-state index in [0.717, 1.165) is 0 Å². The minimum absolute atomic E-state index is 0.324. The van der Waals surface area contributed by atoms with Crippen LogP contribution in [0.25, 0.3) is 0 Å². The van der Waals surface area contributed by atoms with Crippen molar-refractivity contribution in [3.8, 4) is 0 Å². The summed E-state index contributed by atoms with van der Waals surface area (Å²) in [6.07, 6.45) is 2.64. The Hall–Kier alpha value is -1.85. The topological polar surface area (TPSA) is 92.3 Å². The Morgan fingerprint density at radius 1 is 1.44 bits per heavy atom. The summed E-state index contributed by atoms with van der Waals surface area (Å²) in [6.45, 7) is 7.49. The summed E-state index contributed by atoms with van der Waals surface area (Å²) in [4.78, 5) is 21.0. The molecule has 0 radical (unpaired) electrons. The molecule has 1 aromatic heterocycles. The average molecular weight is 252 g/mol. The van der Waals surface area contributed by atoms with E-state index >= 15 is 0 Å². The van der Waals surface area contributed by atoms with E-state index in [4.69, 9.17) is 5.73 Å². The number of rotatable bonds is 3. The van der Waals surface area contributed by atoms with Gasteiger partial charge in [0.2, 0.25) is 0 Å². The number of hydrogen-bond acceptors (Lipinski definition) is 4. The van der Waals surface area contributed by atoms with Gasteiger partial charge >= 0.3 is 6.09 Å². The number of anilines is 1. The number of amides is 1. The summed E-state index contributed by atoms with van der Waals surface area (Å²) in [7, 11) is 0. The molecule has 0 saturated carbocycles. The lowest BCUT2D eigenvalue weighted by molar-refractivity contribution is 0.0668. The third kappa shape index (κ3) is 3.09. The van der Waals surface area contributed by atoms with Crippen LogP contribution in [0.1, 0.15) is 45.9 Å². The SMILES string of the molecule is CCC(c1cnc(N)cn1)N(C(=O)O)C(C)(C)C. The maximum Gasteiger partial charge on any atom is 0.408 e. The van der Waals surface area contributed by atoms with Crippen molar-refractivity contribution in [1.82, 2.24) is 14.9 Å². The van der Waals surface area contributed by atoms with Crippen LogP contribution in [-0.2, 0) is 0 Å². The van der Waals surface area contributed by atoms with Crippen LogP contribution in [0, 0.1) is 0 Å². The van der Waals surface area contributed by atoms with Crippen LogP contribution in [0.15, 0.2) is 12.4 Å². The van der Waals surface area contributed by atoms with Crippen molar-refractivity contribution >= 4 is 11.9 Å². The summed E-state index contributed by atoms with van der Waals surface area (Å²) in [5, 5.41) is 9.38. The maximum atomic E-state index is 11.4. The third-order valence-corrected chi connectivity index (χ3v) is 2.66. The Kier molecular flexibility index (Phi) is 4.11. The first kappa shape index (κ1) is 14.2. The fraction of sp³-hybridized carbons (Fsp3) is 0.583. The molecule has 0 aromatic carbocycles. The minimum Gasteiger partial charge on any atom is -0.465 e. The molecule has 18 heavy (non-hydrogen) atoms. The molecule has 3 N–H and O–H groups in total. The first-order valence-corrected chi connectivity index (χ1v) is 5.87. The molecule has 0 aliphatic rings. The zero-order chi connectivity index (χ0) is 13.9. The summed E-state index contributed by atoms with van der Waals surface area (Å²) in [5.74, 6) is 0.325. The molecule has 0 aliphatic heterocycles. The van der Waals surface area contributed by atoms with Gasteiger partial charge in [-0.1, -0.05) is 6.92 Å². The summed E-state index contributed by atoms with van der Waals surface area (Å²) in [5.41, 5.74) is 5.60. The molecule has 0 fully saturated rings. The lowest BCUT2D eigenvalue weighted by Gasteiger charge is -2.38. The number of nitrogens with two attached hydrogens (primary N) is 1. The minimum atomic E-state index is -0.965. The van der Waals surface area contributed by atoms with Gasteiger partial charge in [-0.15, -0.1) is 0 Å². The highest BCUT2D eigenvalue weighted by Gasteiger charge is 2.33. The van der Waals surface area contributed by atoms with Gasteiger partial charge in [0.15, 0.2) is 0 Å². The van der Waals surface area contributed by atoms with Crippen LogP contribution in [-0.4, -0.2) is 31.6 Å². The van der Waals surface area contributed by atoms with Crippen molar-refractivity contribution < 1.29 is 9.90 Å². The van der Waals surface area contributed by atoms with Crippen LogP contribution in [0.4, 0.5) is 10.6 Å². The highest BCUT2D eigenvalue weighted by Crippen LogP contribution is 2.29. The normalized spacial score (nSPS) is 13.1. The first-order chi connectivity index (χ1) is 8.27. The van der Waals surface area contributed by atoms with Crippen molar-refractivity contribution in [2.75, 3.05) is 5.73 Å². The molecule has 1 aromatic rings. The van der Waals surface area contributed by atoms with E-state index in [1.807, 2.05) is 27.7 Å². The quantitative estimate of drug-likeness (QED) is 0.861. The molecule has 100 valence electrons. The van der Waals surface area contributed by atoms with Gasteiger partial charge < -0.3 is 10.8 Å². The molecule has 6 nitrogen and oxygen atoms in total. The molecule has 1 rings (SSSR count). The predicted molar refractivity (Wildman–Crippen MR) is 69.1 cm³/mol. The smallest absolute Gasteiger partial charge is 0.408 e. The van der Waals surface area contributed by atoms with Crippen LogP contribution >= 0.6 is 0 Å². The largest absolute Gasteiger partial charge is 0.465 e. The molecular formula is C12H20N4O2. The number of carbonyl (C=O) groups is 1. The van der Waals surface area contributed by atoms with Crippen LogP contribution in [0.2, 0.25) is 0 Å². The van der Waals surface area contributed by atoms with Crippen LogP contribution in [0.5, 0.6) is 0 Å². The van der Waals surface area contributed by atoms with Gasteiger partial charge in [0.25, 0.3) is 0 Å². The average Bonchev–Trinajstić information content (AvgIpc) is 2.24. The van der Waals surface area contributed by atoms with Crippen molar-refractivity contribution in [3.05, 3.63) is 18.1 Å². The number of nitrogens with zero attached hydrogens (tertiary/aromatic N) is 3. The van der Waals surface area contributed by atoms with E-state index in [0.29, 0.717) is 17.9 Å². The van der Waals surface area contributed by atoms with Gasteiger partial charge in [-0.25, -0.2) is 9.78 Å². The number of hydrogen-bond donors (Lipinski definition) is 2. The molecule has 1 unspecified atom stereocenters. The maximum absolute atomic E-state index is 11.4. The monoisotopic (exact) mass is 252 g/mol. The van der Waals surface area contributed by atoms with Crippen LogP contribution in [0.3, 0.4) is 0 Å². The molecule has 0 aliphatic carbocycles. The fourth-order valence-electron chi connectivity index (χ4n) is 1.93. The summed E-state index contributed by atoms with van der Waals surface area (Å²) >= 11 is 0. The Morgan fingerprint density at radius 3 is 2.39 bits per heavy atom. The number of carboxylic acid groups (broad SMARTS) is 1. The van der Waals surface area contributed by atoms with Gasteiger partial charge in [-0.2, -0.15) is 0 Å². The van der Waals surface area contributed by atoms with Crippen LogP contribution < -0.4 is 5.73 Å². The highest BCUT2D eigenvalue weighted by molar-refractivity contribution is 5.66. The molecule has 0 spiro atoms.